The summed E-state index contributed by atoms with van der Waals surface area (Å²) in [6.07, 6.45) is 45.3. The van der Waals surface area contributed by atoms with Gasteiger partial charge in [0.05, 0.1) is 25.4 Å². The van der Waals surface area contributed by atoms with E-state index in [1.54, 1.807) is 6.08 Å². The highest BCUT2D eigenvalue weighted by Crippen LogP contribution is 2.43. The van der Waals surface area contributed by atoms with Crippen LogP contribution in [0.2, 0.25) is 0 Å². The zero-order valence-corrected chi connectivity index (χ0v) is 35.0. The van der Waals surface area contributed by atoms with Crippen molar-refractivity contribution in [2.75, 3.05) is 19.8 Å². The molecule has 0 fully saturated rings. The average Bonchev–Trinajstić information content (AvgIpc) is 3.13. The molecule has 0 aliphatic heterocycles. The second-order valence-corrected chi connectivity index (χ2v) is 16.4. The molecule has 0 radical (unpaired) electrons. The lowest BCUT2D eigenvalue weighted by molar-refractivity contribution is -0.123. The Morgan fingerprint density at radius 2 is 1.02 bits per heavy atom. The summed E-state index contributed by atoms with van der Waals surface area (Å²) in [5.41, 5.74) is 5.36. The lowest BCUT2D eigenvalue weighted by Crippen LogP contribution is -2.45. The van der Waals surface area contributed by atoms with Crippen LogP contribution in [0, 0.1) is 0 Å². The first-order chi connectivity index (χ1) is 25.4. The maximum atomic E-state index is 12.7. The Bertz CT molecular complexity index is 871. The van der Waals surface area contributed by atoms with E-state index in [0.29, 0.717) is 6.42 Å². The number of rotatable bonds is 41. The summed E-state index contributed by atoms with van der Waals surface area (Å²) in [6, 6.07) is -0.871. The molecule has 0 aromatic heterocycles. The molecule has 0 saturated carbocycles. The molecule has 0 heterocycles. The lowest BCUT2D eigenvalue weighted by Gasteiger charge is -2.23. The van der Waals surface area contributed by atoms with Crippen LogP contribution in [0.3, 0.4) is 0 Å². The van der Waals surface area contributed by atoms with Gasteiger partial charge in [0.15, 0.2) is 0 Å². The molecule has 9 heteroatoms. The van der Waals surface area contributed by atoms with Gasteiger partial charge in [-0.25, -0.2) is 4.57 Å². The van der Waals surface area contributed by atoms with Gasteiger partial charge in [-0.3, -0.25) is 13.8 Å². The van der Waals surface area contributed by atoms with Crippen LogP contribution >= 0.6 is 7.82 Å². The molecule has 8 nitrogen and oxygen atoms in total. The maximum absolute atomic E-state index is 12.7. The number of carbonyl (C=O) groups excluding carboxylic acids is 1. The third-order valence-corrected chi connectivity index (χ3v) is 10.8. The van der Waals surface area contributed by atoms with Crippen molar-refractivity contribution in [3.63, 3.8) is 0 Å². The monoisotopic (exact) mass is 757 g/mol. The van der Waals surface area contributed by atoms with Crippen LogP contribution in [-0.4, -0.2) is 47.8 Å². The molecule has 0 aliphatic carbocycles. The van der Waals surface area contributed by atoms with Gasteiger partial charge in [0.1, 0.15) is 0 Å². The van der Waals surface area contributed by atoms with Gasteiger partial charge in [0.25, 0.3) is 0 Å². The van der Waals surface area contributed by atoms with Crippen LogP contribution in [-0.2, 0) is 18.4 Å². The van der Waals surface area contributed by atoms with Crippen molar-refractivity contribution in [2.45, 2.75) is 225 Å². The quantitative estimate of drug-likeness (QED) is 0.0277. The first-order valence-electron chi connectivity index (χ1n) is 22.0. The lowest BCUT2D eigenvalue weighted by atomic mass is 10.0. The van der Waals surface area contributed by atoms with Crippen LogP contribution in [0.25, 0.3) is 0 Å². The maximum Gasteiger partial charge on any atom is 0.472 e. The fraction of sp³-hybridized carbons (Fsp3) is 0.884. The topological polar surface area (TPSA) is 131 Å². The van der Waals surface area contributed by atoms with Gasteiger partial charge in [0.2, 0.25) is 5.91 Å². The Morgan fingerprint density at radius 3 is 1.48 bits per heavy atom. The zero-order chi connectivity index (χ0) is 38.2. The van der Waals surface area contributed by atoms with Crippen LogP contribution in [0.15, 0.2) is 24.3 Å². The highest BCUT2D eigenvalue weighted by Gasteiger charge is 2.26. The van der Waals surface area contributed by atoms with Gasteiger partial charge in [-0.05, 0) is 32.1 Å². The molecule has 5 N–H and O–H groups in total. The van der Waals surface area contributed by atoms with Gasteiger partial charge in [-0.15, -0.1) is 0 Å². The Labute approximate surface area is 321 Å². The number of hydrogen-bond donors (Lipinski definition) is 4. The van der Waals surface area contributed by atoms with Crippen molar-refractivity contribution in [2.24, 2.45) is 5.73 Å². The van der Waals surface area contributed by atoms with E-state index < -0.39 is 20.0 Å². The highest BCUT2D eigenvalue weighted by atomic mass is 31.2. The minimum atomic E-state index is -4.34. The average molecular weight is 757 g/mol. The third kappa shape index (κ3) is 37.3. The SMILES string of the molecule is CCCCCC/C=C/CC/C=C/C(O)C(COP(=O)(O)OCCN)NC(=O)CCCCCCCCCCCCCCCCCCCCCCCCC. The van der Waals surface area contributed by atoms with E-state index in [0.717, 1.165) is 38.5 Å². The number of aliphatic hydroxyl groups excluding tert-OH is 1. The van der Waals surface area contributed by atoms with Crippen molar-refractivity contribution in [3.8, 4) is 0 Å². The standard InChI is InChI=1S/C43H85N2O6P/c1-3-5-7-9-11-13-15-16-17-18-19-20-21-22-23-24-25-26-27-29-31-33-35-37-43(47)45-41(40-51-52(48,49)50-39-38-44)42(46)36-34-32-30-28-14-12-10-8-6-4-2/h14,28,34,36,41-42,46H,3-13,15-27,29-33,35,37-40,44H2,1-2H3,(H,45,47)(H,48,49)/b28-14+,36-34+. The summed E-state index contributed by atoms with van der Waals surface area (Å²) in [5.74, 6) is -0.203. The summed E-state index contributed by atoms with van der Waals surface area (Å²) in [7, 11) is -4.34. The second kappa shape index (κ2) is 39.7. The molecule has 0 rings (SSSR count). The predicted molar refractivity (Wildman–Crippen MR) is 221 cm³/mol. The number of phosphoric ester groups is 1. The summed E-state index contributed by atoms with van der Waals surface area (Å²) < 4.78 is 22.0. The van der Waals surface area contributed by atoms with Gasteiger partial charge in [-0.2, -0.15) is 0 Å². The molecule has 52 heavy (non-hydrogen) atoms. The van der Waals surface area contributed by atoms with Crippen molar-refractivity contribution >= 4 is 13.7 Å². The number of nitrogens with one attached hydrogen (secondary N) is 1. The third-order valence-electron chi connectivity index (χ3n) is 9.78. The zero-order valence-electron chi connectivity index (χ0n) is 34.1. The largest absolute Gasteiger partial charge is 0.472 e. The van der Waals surface area contributed by atoms with E-state index in [9.17, 15) is 19.4 Å². The van der Waals surface area contributed by atoms with Crippen molar-refractivity contribution < 1.29 is 28.4 Å². The smallest absolute Gasteiger partial charge is 0.387 e. The highest BCUT2D eigenvalue weighted by molar-refractivity contribution is 7.47. The van der Waals surface area contributed by atoms with Gasteiger partial charge in [-0.1, -0.05) is 199 Å². The molecule has 0 aromatic carbocycles. The molecule has 3 unspecified atom stereocenters. The molecule has 0 bridgehead atoms. The molecule has 3 atom stereocenters. The molecular weight excluding hydrogens is 671 g/mol. The Balaban J connectivity index is 4.03. The second-order valence-electron chi connectivity index (χ2n) is 14.9. The first-order valence-corrected chi connectivity index (χ1v) is 23.5. The van der Waals surface area contributed by atoms with Gasteiger partial charge < -0.3 is 21.1 Å². The summed E-state index contributed by atoms with van der Waals surface area (Å²) in [6.45, 7) is 4.09. The number of carbonyl (C=O) groups is 1. The van der Waals surface area contributed by atoms with E-state index in [-0.39, 0.29) is 25.7 Å². The fourth-order valence-electron chi connectivity index (χ4n) is 6.44. The normalized spacial score (nSPS) is 14.3. The van der Waals surface area contributed by atoms with E-state index in [1.165, 1.54) is 154 Å². The van der Waals surface area contributed by atoms with Crippen molar-refractivity contribution in [1.82, 2.24) is 5.32 Å². The number of nitrogens with two attached hydrogens (primary N) is 1. The molecule has 0 aromatic rings. The van der Waals surface area contributed by atoms with E-state index >= 15 is 0 Å². The molecule has 0 aliphatic rings. The number of hydrogen-bond acceptors (Lipinski definition) is 6. The van der Waals surface area contributed by atoms with E-state index in [2.05, 4.69) is 31.3 Å². The van der Waals surface area contributed by atoms with E-state index in [1.807, 2.05) is 6.08 Å². The number of unbranched alkanes of at least 4 members (excludes halogenated alkanes) is 27. The van der Waals surface area contributed by atoms with Gasteiger partial charge >= 0.3 is 7.82 Å². The van der Waals surface area contributed by atoms with Crippen LogP contribution in [0.4, 0.5) is 0 Å². The summed E-state index contributed by atoms with van der Waals surface area (Å²) >= 11 is 0. The number of allylic oxidation sites excluding steroid dienone is 3. The van der Waals surface area contributed by atoms with Gasteiger partial charge in [0, 0.05) is 13.0 Å². The van der Waals surface area contributed by atoms with Crippen LogP contribution in [0.1, 0.15) is 213 Å². The number of phosphoric acid groups is 1. The predicted octanol–water partition coefficient (Wildman–Crippen LogP) is 12.2. The minimum Gasteiger partial charge on any atom is -0.387 e. The van der Waals surface area contributed by atoms with Crippen LogP contribution < -0.4 is 11.1 Å². The van der Waals surface area contributed by atoms with E-state index in [4.69, 9.17) is 14.8 Å². The Kier molecular flexibility index (Phi) is 38.9. The molecule has 1 amide bonds. The number of aliphatic hydroxyl groups is 1. The molecule has 0 saturated heterocycles. The first kappa shape index (κ1) is 51.0. The summed E-state index contributed by atoms with van der Waals surface area (Å²) in [4.78, 5) is 22.6. The Hall–Kier alpha value is -1.02. The molecule has 0 spiro atoms. The molecule has 308 valence electrons. The van der Waals surface area contributed by atoms with Crippen LogP contribution in [0.5, 0.6) is 0 Å². The summed E-state index contributed by atoms with van der Waals surface area (Å²) in [5, 5.41) is 13.6. The Morgan fingerprint density at radius 1 is 0.615 bits per heavy atom. The fourth-order valence-corrected chi connectivity index (χ4v) is 7.20. The number of amides is 1. The minimum absolute atomic E-state index is 0.0756. The molecular formula is C43H85N2O6P. The van der Waals surface area contributed by atoms with Crippen molar-refractivity contribution in [3.05, 3.63) is 24.3 Å². The van der Waals surface area contributed by atoms with Crippen molar-refractivity contribution in [1.29, 1.82) is 0 Å².